The molecule has 0 saturated heterocycles. The van der Waals surface area contributed by atoms with Crippen LogP contribution in [0.3, 0.4) is 0 Å². The van der Waals surface area contributed by atoms with Crippen LogP contribution in [0, 0.1) is 5.92 Å². The lowest BCUT2D eigenvalue weighted by Gasteiger charge is -2.29. The van der Waals surface area contributed by atoms with Crippen LogP contribution >= 0.6 is 35.0 Å². The predicted octanol–water partition coefficient (Wildman–Crippen LogP) is 5.42. The van der Waals surface area contributed by atoms with Crippen molar-refractivity contribution in [1.29, 1.82) is 0 Å². The number of nitrogens with zero attached hydrogens (tertiary/aromatic N) is 1. The normalized spacial score (nSPS) is 11.8. The lowest BCUT2D eigenvalue weighted by Crippen LogP contribution is -2.48. The first-order valence-corrected chi connectivity index (χ1v) is 12.3. The van der Waals surface area contributed by atoms with Crippen LogP contribution in [0.1, 0.15) is 31.9 Å². The minimum absolute atomic E-state index is 0.124. The summed E-state index contributed by atoms with van der Waals surface area (Å²) in [5, 5.41) is 4.08. The van der Waals surface area contributed by atoms with Crippen LogP contribution in [0.2, 0.25) is 10.0 Å². The van der Waals surface area contributed by atoms with Crippen molar-refractivity contribution in [2.24, 2.45) is 5.92 Å². The van der Waals surface area contributed by atoms with E-state index in [-0.39, 0.29) is 17.6 Å². The standard InChI is InChI=1S/C24H30Cl2N2O3S/c1-16(2)12-27-24(30)17(3)28(13-18-8-10-19(31-4)11-9-18)23(29)15-32-14-20-21(25)6-5-7-22(20)26/h5-11,16-17H,12-15H2,1-4H3,(H,27,30)/t17-/m0/s1. The van der Waals surface area contributed by atoms with Crippen molar-refractivity contribution in [3.05, 3.63) is 63.6 Å². The number of carbonyl (C=O) groups is 2. The molecule has 0 heterocycles. The molecule has 0 radical (unpaired) electrons. The molecule has 0 bridgehead atoms. The Morgan fingerprint density at radius 2 is 1.69 bits per heavy atom. The molecule has 0 aliphatic heterocycles. The number of nitrogens with one attached hydrogen (secondary N) is 1. The summed E-state index contributed by atoms with van der Waals surface area (Å²) in [4.78, 5) is 27.5. The van der Waals surface area contributed by atoms with Gasteiger partial charge in [0.2, 0.25) is 11.8 Å². The molecule has 0 spiro atoms. The molecule has 0 aliphatic rings. The lowest BCUT2D eigenvalue weighted by atomic mass is 10.1. The summed E-state index contributed by atoms with van der Waals surface area (Å²) in [6.07, 6.45) is 0. The summed E-state index contributed by atoms with van der Waals surface area (Å²) < 4.78 is 5.21. The van der Waals surface area contributed by atoms with E-state index in [2.05, 4.69) is 5.32 Å². The minimum Gasteiger partial charge on any atom is -0.497 e. The van der Waals surface area contributed by atoms with E-state index in [1.54, 1.807) is 37.1 Å². The topological polar surface area (TPSA) is 58.6 Å². The highest BCUT2D eigenvalue weighted by atomic mass is 35.5. The number of methoxy groups -OCH3 is 1. The molecule has 2 aromatic rings. The third kappa shape index (κ3) is 7.91. The van der Waals surface area contributed by atoms with Crippen LogP contribution in [0.15, 0.2) is 42.5 Å². The Hall–Kier alpha value is -1.89. The van der Waals surface area contributed by atoms with Crippen LogP contribution in [0.5, 0.6) is 5.75 Å². The average molecular weight is 497 g/mol. The van der Waals surface area contributed by atoms with E-state index in [0.29, 0.717) is 34.8 Å². The first kappa shape index (κ1) is 26.4. The van der Waals surface area contributed by atoms with Crippen LogP contribution < -0.4 is 10.1 Å². The van der Waals surface area contributed by atoms with E-state index in [9.17, 15) is 9.59 Å². The van der Waals surface area contributed by atoms with Crippen molar-refractivity contribution in [2.75, 3.05) is 19.4 Å². The number of benzene rings is 2. The van der Waals surface area contributed by atoms with Crippen LogP contribution in [0.25, 0.3) is 0 Å². The molecular formula is C24H30Cl2N2O3S. The molecule has 8 heteroatoms. The average Bonchev–Trinajstić information content (AvgIpc) is 2.77. The van der Waals surface area contributed by atoms with Gasteiger partial charge in [0.05, 0.1) is 12.9 Å². The Kier molecular flexibility index (Phi) is 10.7. The van der Waals surface area contributed by atoms with Crippen molar-refractivity contribution in [3.63, 3.8) is 0 Å². The van der Waals surface area contributed by atoms with Gasteiger partial charge in [0.15, 0.2) is 0 Å². The maximum absolute atomic E-state index is 13.1. The summed E-state index contributed by atoms with van der Waals surface area (Å²) in [7, 11) is 1.61. The van der Waals surface area contributed by atoms with E-state index in [0.717, 1.165) is 16.9 Å². The Labute approximate surface area is 204 Å². The summed E-state index contributed by atoms with van der Waals surface area (Å²) in [6.45, 7) is 6.70. The highest BCUT2D eigenvalue weighted by molar-refractivity contribution is 7.99. The third-order valence-electron chi connectivity index (χ3n) is 4.90. The van der Waals surface area contributed by atoms with Gasteiger partial charge in [-0.2, -0.15) is 0 Å². The zero-order valence-electron chi connectivity index (χ0n) is 18.9. The molecular weight excluding hydrogens is 467 g/mol. The number of halogens is 2. The molecule has 2 amide bonds. The number of ether oxygens (including phenoxy) is 1. The van der Waals surface area contributed by atoms with Crippen molar-refractivity contribution in [3.8, 4) is 5.75 Å². The van der Waals surface area contributed by atoms with E-state index >= 15 is 0 Å². The highest BCUT2D eigenvalue weighted by Crippen LogP contribution is 2.28. The Bertz CT molecular complexity index is 886. The molecule has 1 N–H and O–H groups in total. The number of carbonyl (C=O) groups excluding carboxylic acids is 2. The summed E-state index contributed by atoms with van der Waals surface area (Å²) >= 11 is 13.9. The molecule has 0 aromatic heterocycles. The predicted molar refractivity (Wildman–Crippen MR) is 133 cm³/mol. The molecule has 5 nitrogen and oxygen atoms in total. The molecule has 0 saturated carbocycles. The quantitative estimate of drug-likeness (QED) is 0.450. The van der Waals surface area contributed by atoms with Crippen molar-refractivity contribution < 1.29 is 14.3 Å². The Balaban J connectivity index is 2.10. The van der Waals surface area contributed by atoms with Gasteiger partial charge in [-0.1, -0.05) is 55.2 Å². The molecule has 0 fully saturated rings. The van der Waals surface area contributed by atoms with Gasteiger partial charge in [-0.3, -0.25) is 9.59 Å². The SMILES string of the molecule is COc1ccc(CN(C(=O)CSCc2c(Cl)cccc2Cl)[C@@H](C)C(=O)NCC(C)C)cc1. The van der Waals surface area contributed by atoms with Crippen molar-refractivity contribution in [1.82, 2.24) is 10.2 Å². The van der Waals surface area contributed by atoms with E-state index in [4.69, 9.17) is 27.9 Å². The molecule has 2 aromatic carbocycles. The number of amides is 2. The monoisotopic (exact) mass is 496 g/mol. The fourth-order valence-corrected chi connectivity index (χ4v) is 4.60. The van der Waals surface area contributed by atoms with Crippen LogP contribution in [0.4, 0.5) is 0 Å². The molecule has 2 rings (SSSR count). The van der Waals surface area contributed by atoms with E-state index < -0.39 is 6.04 Å². The highest BCUT2D eigenvalue weighted by Gasteiger charge is 2.26. The zero-order chi connectivity index (χ0) is 23.7. The molecule has 1 atom stereocenters. The summed E-state index contributed by atoms with van der Waals surface area (Å²) in [5.41, 5.74) is 1.72. The van der Waals surface area contributed by atoms with Gasteiger partial charge in [-0.15, -0.1) is 11.8 Å². The minimum atomic E-state index is -0.604. The van der Waals surface area contributed by atoms with Gasteiger partial charge >= 0.3 is 0 Å². The second-order valence-electron chi connectivity index (χ2n) is 7.88. The third-order valence-corrected chi connectivity index (χ3v) is 6.55. The fourth-order valence-electron chi connectivity index (χ4n) is 2.96. The maximum Gasteiger partial charge on any atom is 0.242 e. The Morgan fingerprint density at radius 3 is 2.25 bits per heavy atom. The largest absolute Gasteiger partial charge is 0.497 e. The van der Waals surface area contributed by atoms with E-state index in [1.165, 1.54) is 11.8 Å². The number of rotatable bonds is 11. The van der Waals surface area contributed by atoms with E-state index in [1.807, 2.05) is 38.1 Å². The lowest BCUT2D eigenvalue weighted by molar-refractivity contribution is -0.138. The van der Waals surface area contributed by atoms with Gasteiger partial charge in [0.25, 0.3) is 0 Å². The van der Waals surface area contributed by atoms with Crippen LogP contribution in [-0.2, 0) is 21.9 Å². The first-order chi connectivity index (χ1) is 15.2. The first-order valence-electron chi connectivity index (χ1n) is 10.4. The maximum atomic E-state index is 13.1. The number of hydrogen-bond acceptors (Lipinski definition) is 4. The Morgan fingerprint density at radius 1 is 1.06 bits per heavy atom. The van der Waals surface area contributed by atoms with Gasteiger partial charge in [0.1, 0.15) is 11.8 Å². The molecule has 174 valence electrons. The van der Waals surface area contributed by atoms with Gasteiger partial charge in [-0.25, -0.2) is 0 Å². The van der Waals surface area contributed by atoms with Crippen molar-refractivity contribution >= 4 is 46.8 Å². The second-order valence-corrected chi connectivity index (χ2v) is 9.68. The summed E-state index contributed by atoms with van der Waals surface area (Å²) in [6, 6.07) is 12.2. The molecule has 0 unspecified atom stereocenters. The van der Waals surface area contributed by atoms with Gasteiger partial charge in [0, 0.05) is 28.9 Å². The second kappa shape index (κ2) is 13.0. The number of thioether (sulfide) groups is 1. The number of hydrogen-bond donors (Lipinski definition) is 1. The summed E-state index contributed by atoms with van der Waals surface area (Å²) in [5.74, 6) is 1.49. The smallest absolute Gasteiger partial charge is 0.242 e. The van der Waals surface area contributed by atoms with Gasteiger partial charge in [-0.05, 0) is 48.2 Å². The molecule has 32 heavy (non-hydrogen) atoms. The van der Waals surface area contributed by atoms with Crippen molar-refractivity contribution in [2.45, 2.75) is 39.1 Å². The fraction of sp³-hybridized carbons (Fsp3) is 0.417. The molecule has 0 aliphatic carbocycles. The van der Waals surface area contributed by atoms with Crippen LogP contribution in [-0.4, -0.2) is 42.2 Å². The zero-order valence-corrected chi connectivity index (χ0v) is 21.2. The van der Waals surface area contributed by atoms with Gasteiger partial charge < -0.3 is 15.0 Å².